The zero-order valence-electron chi connectivity index (χ0n) is 12.6. The number of hydrogen-bond donors (Lipinski definition) is 0. The van der Waals surface area contributed by atoms with Crippen molar-refractivity contribution in [2.75, 3.05) is 38.1 Å². The number of pyridine rings is 1. The number of anilines is 1. The number of likely N-dealkylation sites (N-methyl/N-ethyl adjacent to an activating group) is 1. The molecule has 0 radical (unpaired) electrons. The highest BCUT2D eigenvalue weighted by molar-refractivity contribution is 5.77. The van der Waals surface area contributed by atoms with Crippen LogP contribution >= 0.6 is 0 Å². The number of piperazine rings is 1. The van der Waals surface area contributed by atoms with Crippen molar-refractivity contribution in [2.24, 2.45) is 0 Å². The average Bonchev–Trinajstić information content (AvgIpc) is 2.99. The van der Waals surface area contributed by atoms with Gasteiger partial charge in [0.2, 0.25) is 0 Å². The number of fused-ring (bicyclic) bond motifs is 1. The molecule has 6 heteroatoms. The van der Waals surface area contributed by atoms with E-state index in [1.807, 2.05) is 41.3 Å². The molecule has 1 saturated heterocycles. The molecule has 0 bridgehead atoms. The minimum atomic E-state index is 0.879. The van der Waals surface area contributed by atoms with Gasteiger partial charge in [0.15, 0.2) is 5.65 Å². The van der Waals surface area contributed by atoms with Gasteiger partial charge in [0.1, 0.15) is 5.82 Å². The van der Waals surface area contributed by atoms with Crippen molar-refractivity contribution in [1.82, 2.24) is 24.5 Å². The molecule has 0 spiro atoms. The minimum Gasteiger partial charge on any atom is -0.354 e. The van der Waals surface area contributed by atoms with Gasteiger partial charge in [0.25, 0.3) is 0 Å². The van der Waals surface area contributed by atoms with Crippen LogP contribution in [0.3, 0.4) is 0 Å². The quantitative estimate of drug-likeness (QED) is 0.717. The topological polar surface area (TPSA) is 49.6 Å². The molecule has 3 aromatic rings. The third-order valence-corrected chi connectivity index (χ3v) is 4.15. The zero-order valence-corrected chi connectivity index (χ0v) is 12.6. The molecule has 112 valence electrons. The molecular formula is C16H18N6. The summed E-state index contributed by atoms with van der Waals surface area (Å²) in [5.74, 6) is 1.02. The van der Waals surface area contributed by atoms with Crippen molar-refractivity contribution in [2.45, 2.75) is 0 Å². The van der Waals surface area contributed by atoms with E-state index in [0.29, 0.717) is 0 Å². The van der Waals surface area contributed by atoms with Crippen LogP contribution in [-0.4, -0.2) is 57.7 Å². The van der Waals surface area contributed by atoms with Crippen LogP contribution in [0.4, 0.5) is 5.82 Å². The van der Waals surface area contributed by atoms with Gasteiger partial charge in [-0.25, -0.2) is 9.50 Å². The Bertz CT molecular complexity index is 774. The monoisotopic (exact) mass is 294 g/mol. The Morgan fingerprint density at radius 1 is 1.05 bits per heavy atom. The Morgan fingerprint density at radius 2 is 1.91 bits per heavy atom. The first-order valence-corrected chi connectivity index (χ1v) is 7.49. The van der Waals surface area contributed by atoms with E-state index in [4.69, 9.17) is 4.98 Å². The van der Waals surface area contributed by atoms with Gasteiger partial charge in [0.05, 0.1) is 6.20 Å². The molecule has 3 aromatic heterocycles. The Hall–Kier alpha value is -2.47. The number of nitrogens with zero attached hydrogens (tertiary/aromatic N) is 6. The molecule has 0 N–H and O–H groups in total. The van der Waals surface area contributed by atoms with Crippen molar-refractivity contribution in [3.8, 4) is 11.1 Å². The van der Waals surface area contributed by atoms with E-state index in [-0.39, 0.29) is 0 Å². The van der Waals surface area contributed by atoms with Gasteiger partial charge in [0, 0.05) is 55.9 Å². The van der Waals surface area contributed by atoms with Crippen molar-refractivity contribution in [1.29, 1.82) is 0 Å². The Kier molecular flexibility index (Phi) is 3.23. The SMILES string of the molecule is CN1CCN(c2ccn3ncc(-c4cccnc4)c3n2)CC1. The molecule has 4 heterocycles. The van der Waals surface area contributed by atoms with Crippen LogP contribution in [0.1, 0.15) is 0 Å². The summed E-state index contributed by atoms with van der Waals surface area (Å²) in [4.78, 5) is 13.7. The maximum Gasteiger partial charge on any atom is 0.165 e. The van der Waals surface area contributed by atoms with Gasteiger partial charge in [-0.3, -0.25) is 4.98 Å². The van der Waals surface area contributed by atoms with E-state index >= 15 is 0 Å². The van der Waals surface area contributed by atoms with E-state index < -0.39 is 0 Å². The maximum absolute atomic E-state index is 4.84. The number of aromatic nitrogens is 4. The summed E-state index contributed by atoms with van der Waals surface area (Å²) in [7, 11) is 2.16. The van der Waals surface area contributed by atoms with Crippen LogP contribution < -0.4 is 4.90 Å². The van der Waals surface area contributed by atoms with Crippen LogP contribution in [0, 0.1) is 0 Å². The summed E-state index contributed by atoms with van der Waals surface area (Å²) in [6, 6.07) is 6.01. The molecule has 1 aliphatic rings. The number of hydrogen-bond acceptors (Lipinski definition) is 5. The second kappa shape index (κ2) is 5.38. The van der Waals surface area contributed by atoms with E-state index in [1.54, 1.807) is 6.20 Å². The van der Waals surface area contributed by atoms with Gasteiger partial charge in [-0.15, -0.1) is 0 Å². The molecule has 0 saturated carbocycles. The molecule has 0 unspecified atom stereocenters. The van der Waals surface area contributed by atoms with Gasteiger partial charge >= 0.3 is 0 Å². The fourth-order valence-corrected chi connectivity index (χ4v) is 2.80. The van der Waals surface area contributed by atoms with E-state index in [9.17, 15) is 0 Å². The van der Waals surface area contributed by atoms with Crippen molar-refractivity contribution >= 4 is 11.5 Å². The molecule has 0 aliphatic carbocycles. The summed E-state index contributed by atoms with van der Waals surface area (Å²) >= 11 is 0. The van der Waals surface area contributed by atoms with Crippen LogP contribution in [0.5, 0.6) is 0 Å². The van der Waals surface area contributed by atoms with Gasteiger partial charge in [-0.1, -0.05) is 6.07 Å². The summed E-state index contributed by atoms with van der Waals surface area (Å²) in [5.41, 5.74) is 2.94. The second-order valence-corrected chi connectivity index (χ2v) is 5.64. The van der Waals surface area contributed by atoms with E-state index in [2.05, 4.69) is 26.9 Å². The Balaban J connectivity index is 1.74. The van der Waals surface area contributed by atoms with Crippen LogP contribution in [0.25, 0.3) is 16.8 Å². The molecular weight excluding hydrogens is 276 g/mol. The largest absolute Gasteiger partial charge is 0.354 e. The summed E-state index contributed by atoms with van der Waals surface area (Å²) < 4.78 is 1.82. The predicted molar refractivity (Wildman–Crippen MR) is 85.9 cm³/mol. The van der Waals surface area contributed by atoms with Crippen LogP contribution in [0.2, 0.25) is 0 Å². The molecule has 0 aromatic carbocycles. The van der Waals surface area contributed by atoms with Crippen molar-refractivity contribution in [3.05, 3.63) is 43.0 Å². The zero-order chi connectivity index (χ0) is 14.9. The lowest BCUT2D eigenvalue weighted by Crippen LogP contribution is -2.44. The molecule has 22 heavy (non-hydrogen) atoms. The lowest BCUT2D eigenvalue weighted by molar-refractivity contribution is 0.312. The summed E-state index contributed by atoms with van der Waals surface area (Å²) in [5, 5.41) is 4.39. The standard InChI is InChI=1S/C16H18N6/c1-20-7-9-21(10-8-20)15-4-6-22-16(19-15)14(12-18-22)13-3-2-5-17-11-13/h2-6,11-12H,7-10H2,1H3. The minimum absolute atomic E-state index is 0.879. The van der Waals surface area contributed by atoms with Crippen molar-refractivity contribution in [3.63, 3.8) is 0 Å². The molecule has 1 aliphatic heterocycles. The van der Waals surface area contributed by atoms with Crippen molar-refractivity contribution < 1.29 is 0 Å². The Morgan fingerprint density at radius 3 is 2.68 bits per heavy atom. The average molecular weight is 294 g/mol. The fraction of sp³-hybridized carbons (Fsp3) is 0.312. The third kappa shape index (κ3) is 2.31. The smallest absolute Gasteiger partial charge is 0.165 e. The van der Waals surface area contributed by atoms with Crippen LogP contribution in [-0.2, 0) is 0 Å². The first-order valence-electron chi connectivity index (χ1n) is 7.49. The highest BCUT2D eigenvalue weighted by Gasteiger charge is 2.17. The van der Waals surface area contributed by atoms with E-state index in [0.717, 1.165) is 48.8 Å². The normalized spacial score (nSPS) is 16.3. The molecule has 0 atom stereocenters. The molecule has 0 amide bonds. The van der Waals surface area contributed by atoms with Gasteiger partial charge in [-0.05, 0) is 19.2 Å². The summed E-state index contributed by atoms with van der Waals surface area (Å²) in [6.45, 7) is 4.16. The fourth-order valence-electron chi connectivity index (χ4n) is 2.80. The first-order chi connectivity index (χ1) is 10.8. The molecule has 6 nitrogen and oxygen atoms in total. The second-order valence-electron chi connectivity index (χ2n) is 5.64. The van der Waals surface area contributed by atoms with E-state index in [1.165, 1.54) is 0 Å². The Labute approximate surface area is 129 Å². The molecule has 1 fully saturated rings. The number of rotatable bonds is 2. The van der Waals surface area contributed by atoms with Crippen LogP contribution in [0.15, 0.2) is 43.0 Å². The first kappa shape index (κ1) is 13.2. The highest BCUT2D eigenvalue weighted by atomic mass is 15.3. The lowest BCUT2D eigenvalue weighted by Gasteiger charge is -2.33. The summed E-state index contributed by atoms with van der Waals surface area (Å²) in [6.07, 6.45) is 7.46. The van der Waals surface area contributed by atoms with Gasteiger partial charge in [-0.2, -0.15) is 5.10 Å². The molecule has 4 rings (SSSR count). The highest BCUT2D eigenvalue weighted by Crippen LogP contribution is 2.24. The maximum atomic E-state index is 4.84. The van der Waals surface area contributed by atoms with Gasteiger partial charge < -0.3 is 9.80 Å². The third-order valence-electron chi connectivity index (χ3n) is 4.15. The lowest BCUT2D eigenvalue weighted by atomic mass is 10.1. The predicted octanol–water partition coefficient (Wildman–Crippen LogP) is 1.54.